The minimum Gasteiger partial charge on any atom is -0.475 e. The molecule has 1 aliphatic heterocycles. The van der Waals surface area contributed by atoms with Crippen LogP contribution in [-0.4, -0.2) is 60.4 Å². The van der Waals surface area contributed by atoms with Gasteiger partial charge in [-0.3, -0.25) is 10.00 Å². The van der Waals surface area contributed by atoms with Crippen LogP contribution in [0.2, 0.25) is 0 Å². The lowest BCUT2D eigenvalue weighted by atomic mass is 10.1. The predicted molar refractivity (Wildman–Crippen MR) is 106 cm³/mol. The number of benzene rings is 1. The van der Waals surface area contributed by atoms with Gasteiger partial charge in [0.15, 0.2) is 0 Å². The maximum Gasteiger partial charge on any atom is 0.490 e. The number of alkyl halides is 3. The lowest BCUT2D eigenvalue weighted by molar-refractivity contribution is -0.192. The fourth-order valence-corrected chi connectivity index (χ4v) is 3.21. The first-order chi connectivity index (χ1) is 14.8. The molecule has 1 aliphatic rings. The monoisotopic (exact) mass is 436 g/mol. The van der Waals surface area contributed by atoms with Crippen molar-refractivity contribution >= 4 is 5.97 Å². The van der Waals surface area contributed by atoms with Gasteiger partial charge in [0, 0.05) is 12.7 Å². The third-order valence-electron chi connectivity index (χ3n) is 4.78. The van der Waals surface area contributed by atoms with Crippen LogP contribution in [0.1, 0.15) is 30.4 Å². The summed E-state index contributed by atoms with van der Waals surface area (Å²) in [6.07, 6.45) is 2.63. The number of nitrogens with one attached hydrogen (secondary N) is 1. The number of carboxylic acid groups (broad SMARTS) is 1. The van der Waals surface area contributed by atoms with Crippen molar-refractivity contribution in [1.82, 2.24) is 30.1 Å². The molecule has 0 saturated carbocycles. The van der Waals surface area contributed by atoms with E-state index in [0.717, 1.165) is 24.5 Å². The second-order valence-electron chi connectivity index (χ2n) is 7.23. The van der Waals surface area contributed by atoms with Crippen molar-refractivity contribution in [2.75, 3.05) is 13.1 Å². The first-order valence-corrected chi connectivity index (χ1v) is 9.81. The zero-order valence-corrected chi connectivity index (χ0v) is 16.7. The number of piperidine rings is 1. The van der Waals surface area contributed by atoms with Crippen LogP contribution in [0.4, 0.5) is 13.2 Å². The van der Waals surface area contributed by atoms with E-state index in [1.54, 1.807) is 6.20 Å². The van der Waals surface area contributed by atoms with Crippen molar-refractivity contribution < 1.29 is 23.1 Å². The maximum absolute atomic E-state index is 10.6. The number of rotatable bonds is 5. The van der Waals surface area contributed by atoms with Crippen molar-refractivity contribution in [2.45, 2.75) is 38.5 Å². The number of carbonyl (C=O) groups is 1. The summed E-state index contributed by atoms with van der Waals surface area (Å²) in [6, 6.07) is 10.7. The molecule has 1 aromatic carbocycles. The zero-order chi connectivity index (χ0) is 22.3. The van der Waals surface area contributed by atoms with Crippen molar-refractivity contribution in [3.8, 4) is 11.4 Å². The number of H-pyrrole nitrogens is 1. The normalized spacial score (nSPS) is 14.7. The van der Waals surface area contributed by atoms with Crippen LogP contribution in [0.3, 0.4) is 0 Å². The van der Waals surface area contributed by atoms with Gasteiger partial charge in [-0.15, -0.1) is 5.10 Å². The molecule has 166 valence electrons. The highest BCUT2D eigenvalue weighted by Crippen LogP contribution is 2.15. The second-order valence-corrected chi connectivity index (χ2v) is 7.23. The van der Waals surface area contributed by atoms with E-state index in [4.69, 9.17) is 9.90 Å². The Kier molecular flexibility index (Phi) is 7.40. The van der Waals surface area contributed by atoms with Crippen LogP contribution < -0.4 is 0 Å². The average molecular weight is 436 g/mol. The van der Waals surface area contributed by atoms with Gasteiger partial charge in [0.05, 0.1) is 18.4 Å². The molecule has 1 fully saturated rings. The number of hydrogen-bond acceptors (Lipinski definition) is 5. The quantitative estimate of drug-likeness (QED) is 0.637. The van der Waals surface area contributed by atoms with Crippen molar-refractivity contribution in [3.05, 3.63) is 53.9 Å². The summed E-state index contributed by atoms with van der Waals surface area (Å²) in [5, 5.41) is 22.4. The van der Waals surface area contributed by atoms with Crippen LogP contribution in [0.25, 0.3) is 11.4 Å². The molecule has 4 rings (SSSR count). The van der Waals surface area contributed by atoms with E-state index >= 15 is 0 Å². The molecule has 0 unspecified atom stereocenters. The van der Waals surface area contributed by atoms with Crippen LogP contribution in [-0.2, 0) is 17.9 Å². The van der Waals surface area contributed by atoms with Gasteiger partial charge in [0.25, 0.3) is 0 Å². The molecule has 2 aromatic heterocycles. The van der Waals surface area contributed by atoms with E-state index in [2.05, 4.69) is 49.7 Å². The maximum atomic E-state index is 10.6. The molecule has 8 nitrogen and oxygen atoms in total. The van der Waals surface area contributed by atoms with E-state index in [1.165, 1.54) is 43.5 Å². The van der Waals surface area contributed by atoms with Gasteiger partial charge in [-0.1, -0.05) is 35.9 Å². The predicted octanol–water partition coefficient (Wildman–Crippen LogP) is 3.34. The number of nitrogens with zero attached hydrogens (tertiary/aromatic N) is 5. The number of aliphatic carboxylic acids is 1. The summed E-state index contributed by atoms with van der Waals surface area (Å²) in [5.41, 5.74) is 4.32. The van der Waals surface area contributed by atoms with Crippen LogP contribution in [0.15, 0.2) is 42.7 Å². The van der Waals surface area contributed by atoms with E-state index in [1.807, 2.05) is 16.9 Å². The molecule has 0 aliphatic carbocycles. The number of hydrogen-bond donors (Lipinski definition) is 2. The molecule has 0 bridgehead atoms. The summed E-state index contributed by atoms with van der Waals surface area (Å²) < 4.78 is 33.6. The average Bonchev–Trinajstić information content (AvgIpc) is 3.42. The number of aromatic amines is 1. The topological polar surface area (TPSA) is 99.9 Å². The SMILES string of the molecule is O=C(O)C(F)(F)F.c1cc(-c2cn(Cc3ccc(CN4CCCCC4)cc3)nn2)[nH]n1. The van der Waals surface area contributed by atoms with Gasteiger partial charge in [-0.05, 0) is 43.1 Å². The summed E-state index contributed by atoms with van der Waals surface area (Å²) in [6.45, 7) is 4.26. The molecule has 1 saturated heterocycles. The second kappa shape index (κ2) is 10.2. The molecule has 31 heavy (non-hydrogen) atoms. The minimum atomic E-state index is -5.08. The summed E-state index contributed by atoms with van der Waals surface area (Å²) in [5.74, 6) is -2.76. The Hall–Kier alpha value is -3.21. The highest BCUT2D eigenvalue weighted by Gasteiger charge is 2.38. The molecular formula is C20H23F3N6O2. The molecular weight excluding hydrogens is 413 g/mol. The van der Waals surface area contributed by atoms with E-state index in [0.29, 0.717) is 0 Å². The lowest BCUT2D eigenvalue weighted by Crippen LogP contribution is -2.29. The van der Waals surface area contributed by atoms with Crippen molar-refractivity contribution in [3.63, 3.8) is 0 Å². The van der Waals surface area contributed by atoms with Crippen LogP contribution in [0.5, 0.6) is 0 Å². The Balaban J connectivity index is 0.000000339. The van der Waals surface area contributed by atoms with Gasteiger partial charge in [0.2, 0.25) is 0 Å². The highest BCUT2D eigenvalue weighted by atomic mass is 19.4. The van der Waals surface area contributed by atoms with Gasteiger partial charge in [0.1, 0.15) is 5.69 Å². The molecule has 3 heterocycles. The number of aromatic nitrogens is 5. The molecule has 3 aromatic rings. The summed E-state index contributed by atoms with van der Waals surface area (Å²) >= 11 is 0. The van der Waals surface area contributed by atoms with Gasteiger partial charge >= 0.3 is 12.1 Å². The lowest BCUT2D eigenvalue weighted by Gasteiger charge is -2.26. The first kappa shape index (κ1) is 22.5. The first-order valence-electron chi connectivity index (χ1n) is 9.81. The Labute approximate surface area is 176 Å². The molecule has 0 spiro atoms. The number of halogens is 3. The van der Waals surface area contributed by atoms with Gasteiger partial charge in [-0.2, -0.15) is 18.3 Å². The van der Waals surface area contributed by atoms with Crippen LogP contribution >= 0.6 is 0 Å². The highest BCUT2D eigenvalue weighted by molar-refractivity contribution is 5.73. The standard InChI is InChI=1S/C18H22N6.C2HF3O2/c1-2-10-23(11-3-1)12-15-4-6-16(7-5-15)13-24-14-18(21-22-24)17-8-9-19-20-17;3-2(4,5)1(6)7/h4-9,14H,1-3,10-13H2,(H,19,20);(H,6,7). The molecule has 11 heteroatoms. The van der Waals surface area contributed by atoms with E-state index in [9.17, 15) is 13.2 Å². The molecule has 2 N–H and O–H groups in total. The van der Waals surface area contributed by atoms with Gasteiger partial charge in [-0.25, -0.2) is 9.48 Å². The minimum absolute atomic E-state index is 0.727. The van der Waals surface area contributed by atoms with E-state index in [-0.39, 0.29) is 0 Å². The Morgan fingerprint density at radius 1 is 1.03 bits per heavy atom. The van der Waals surface area contributed by atoms with Gasteiger partial charge < -0.3 is 5.11 Å². The smallest absolute Gasteiger partial charge is 0.475 e. The third-order valence-corrected chi connectivity index (χ3v) is 4.78. The molecule has 0 radical (unpaired) electrons. The van der Waals surface area contributed by atoms with Crippen molar-refractivity contribution in [2.24, 2.45) is 0 Å². The zero-order valence-electron chi connectivity index (χ0n) is 16.7. The summed E-state index contributed by atoms with van der Waals surface area (Å²) in [4.78, 5) is 11.4. The molecule has 0 amide bonds. The fourth-order valence-electron chi connectivity index (χ4n) is 3.21. The van der Waals surface area contributed by atoms with Crippen LogP contribution in [0, 0.1) is 0 Å². The fraction of sp³-hybridized carbons (Fsp3) is 0.400. The summed E-state index contributed by atoms with van der Waals surface area (Å²) in [7, 11) is 0. The molecule has 0 atom stereocenters. The van der Waals surface area contributed by atoms with Crippen molar-refractivity contribution in [1.29, 1.82) is 0 Å². The Morgan fingerprint density at radius 2 is 1.65 bits per heavy atom. The largest absolute Gasteiger partial charge is 0.490 e. The third kappa shape index (κ3) is 6.92. The van der Waals surface area contributed by atoms with E-state index < -0.39 is 12.1 Å². The number of carboxylic acids is 1. The Bertz CT molecular complexity index is 948. The Morgan fingerprint density at radius 3 is 2.19 bits per heavy atom. The number of likely N-dealkylation sites (tertiary alicyclic amines) is 1.